The van der Waals surface area contributed by atoms with Crippen LogP contribution in [0.15, 0.2) is 46.2 Å². The minimum atomic E-state index is -0.199. The Morgan fingerprint density at radius 1 is 1.03 bits per heavy atom. The highest BCUT2D eigenvalue weighted by molar-refractivity contribution is 7.16. The van der Waals surface area contributed by atoms with Gasteiger partial charge in [0.2, 0.25) is 0 Å². The molecule has 0 aliphatic carbocycles. The number of thiophene rings is 1. The Morgan fingerprint density at radius 3 is 2.24 bits per heavy atom. The average molecular weight is 480 g/mol. The fourth-order valence-corrected chi connectivity index (χ4v) is 4.61. The number of H-pyrrole nitrogens is 1. The van der Waals surface area contributed by atoms with Crippen LogP contribution in [0.25, 0.3) is 5.69 Å². The van der Waals surface area contributed by atoms with Gasteiger partial charge in [-0.1, -0.05) is 46.2 Å². The van der Waals surface area contributed by atoms with E-state index >= 15 is 0 Å². The number of hydrogen-bond acceptors (Lipinski definition) is 5. The minimum absolute atomic E-state index is 0.0300. The summed E-state index contributed by atoms with van der Waals surface area (Å²) in [6.07, 6.45) is 2.30. The normalized spacial score (nSPS) is 12.2. The highest BCUT2D eigenvalue weighted by Crippen LogP contribution is 2.23. The summed E-state index contributed by atoms with van der Waals surface area (Å²) < 4.78 is 1.51. The van der Waals surface area contributed by atoms with Crippen molar-refractivity contribution in [2.75, 3.05) is 6.54 Å². The number of aromatic nitrogens is 2. The zero-order chi connectivity index (χ0) is 25.0. The van der Waals surface area contributed by atoms with Crippen molar-refractivity contribution in [3.63, 3.8) is 0 Å². The summed E-state index contributed by atoms with van der Waals surface area (Å²) in [6, 6.07) is 11.3. The van der Waals surface area contributed by atoms with Gasteiger partial charge in [-0.2, -0.15) is 0 Å². The zero-order valence-corrected chi connectivity index (χ0v) is 21.6. The fourth-order valence-electron chi connectivity index (χ4n) is 3.71. The van der Waals surface area contributed by atoms with E-state index in [1.807, 2.05) is 38.1 Å². The van der Waals surface area contributed by atoms with E-state index in [1.165, 1.54) is 21.6 Å². The molecule has 3 rings (SSSR count). The second-order valence-electron chi connectivity index (χ2n) is 9.56. The van der Waals surface area contributed by atoms with Crippen molar-refractivity contribution in [1.29, 1.82) is 0 Å². The van der Waals surface area contributed by atoms with Crippen molar-refractivity contribution in [2.45, 2.75) is 66.2 Å². The summed E-state index contributed by atoms with van der Waals surface area (Å²) in [5, 5.41) is 3.12. The third-order valence-electron chi connectivity index (χ3n) is 5.80. The number of nitrogens with zero attached hydrogens (tertiary/aromatic N) is 2. The highest BCUT2D eigenvalue weighted by atomic mass is 32.1. The molecular formula is C27H33N3O3S. The molecule has 1 aromatic carbocycles. The number of aromatic amines is 1. The number of Topliss-reactive ketones (excluding diaryl/α,β-unsaturated/α-hetero) is 2. The van der Waals surface area contributed by atoms with Crippen LogP contribution in [-0.4, -0.2) is 33.6 Å². The lowest BCUT2D eigenvalue weighted by atomic mass is 9.87. The van der Waals surface area contributed by atoms with Gasteiger partial charge in [0.25, 0.3) is 5.56 Å². The van der Waals surface area contributed by atoms with Gasteiger partial charge in [0.1, 0.15) is 6.54 Å². The maximum absolute atomic E-state index is 13.1. The number of hydrogen-bond donors (Lipinski definition) is 1. The second-order valence-corrected chi connectivity index (χ2v) is 10.6. The van der Waals surface area contributed by atoms with Crippen LogP contribution in [0.2, 0.25) is 0 Å². The van der Waals surface area contributed by atoms with Crippen molar-refractivity contribution < 1.29 is 9.59 Å². The summed E-state index contributed by atoms with van der Waals surface area (Å²) in [5.41, 5.74) is 3.43. The standard InChI is InChI=1S/C27H33N3O3S/c1-7-8-9-21(31)23-14-15-24(34-23)22(32)16-28-17(2)25-18(3)29-30(26(25)33)20-12-10-19(11-13-20)27(4,5)6/h10-15,29H,7-9,16H2,1-6H3. The first-order valence-electron chi connectivity index (χ1n) is 11.6. The molecule has 7 heteroatoms. The van der Waals surface area contributed by atoms with Crippen LogP contribution in [0, 0.1) is 6.92 Å². The van der Waals surface area contributed by atoms with Crippen LogP contribution in [0.4, 0.5) is 0 Å². The second kappa shape index (κ2) is 10.5. The number of aryl methyl sites for hydroxylation is 1. The van der Waals surface area contributed by atoms with Crippen LogP contribution in [-0.2, 0) is 5.41 Å². The molecule has 0 saturated carbocycles. The maximum atomic E-state index is 13.1. The lowest BCUT2D eigenvalue weighted by molar-refractivity contribution is 0.0982. The van der Waals surface area contributed by atoms with Crippen LogP contribution in [0.3, 0.4) is 0 Å². The van der Waals surface area contributed by atoms with Crippen LogP contribution in [0.5, 0.6) is 0 Å². The number of nitrogens with one attached hydrogen (secondary N) is 1. The molecule has 0 radical (unpaired) electrons. The van der Waals surface area contributed by atoms with Crippen LogP contribution < -0.4 is 5.56 Å². The number of aliphatic imine (C=N–C) groups is 1. The smallest absolute Gasteiger partial charge is 0.280 e. The Morgan fingerprint density at radius 2 is 1.65 bits per heavy atom. The number of carbonyl (C=O) groups excluding carboxylic acids is 2. The number of benzene rings is 1. The number of carbonyl (C=O) groups is 2. The molecule has 2 aromatic heterocycles. The molecule has 180 valence electrons. The lowest BCUT2D eigenvalue weighted by Crippen LogP contribution is -2.20. The number of unbranched alkanes of at least 4 members (excludes halogenated alkanes) is 1. The van der Waals surface area contributed by atoms with E-state index in [4.69, 9.17) is 0 Å². The Bertz CT molecular complexity index is 1270. The highest BCUT2D eigenvalue weighted by Gasteiger charge is 2.18. The number of rotatable bonds is 9. The zero-order valence-electron chi connectivity index (χ0n) is 20.8. The quantitative estimate of drug-likeness (QED) is 0.306. The minimum Gasteiger partial charge on any atom is -0.295 e. The molecule has 0 atom stereocenters. The fraction of sp³-hybridized carbons (Fsp3) is 0.407. The first-order valence-corrected chi connectivity index (χ1v) is 12.4. The lowest BCUT2D eigenvalue weighted by Gasteiger charge is -2.19. The van der Waals surface area contributed by atoms with Gasteiger partial charge in [-0.15, -0.1) is 11.3 Å². The number of ketones is 2. The molecule has 0 amide bonds. The van der Waals surface area contributed by atoms with Crippen molar-refractivity contribution in [2.24, 2.45) is 4.99 Å². The Balaban J connectivity index is 1.77. The van der Waals surface area contributed by atoms with E-state index in [1.54, 1.807) is 19.1 Å². The van der Waals surface area contributed by atoms with E-state index in [0.29, 0.717) is 33.1 Å². The Kier molecular flexibility index (Phi) is 7.87. The molecule has 3 aromatic rings. The predicted octanol–water partition coefficient (Wildman–Crippen LogP) is 5.90. The van der Waals surface area contributed by atoms with Gasteiger partial charge in [-0.3, -0.25) is 24.5 Å². The summed E-state index contributed by atoms with van der Waals surface area (Å²) in [6.45, 7) is 12.0. The van der Waals surface area contributed by atoms with Crippen molar-refractivity contribution >= 4 is 28.6 Å². The van der Waals surface area contributed by atoms with Gasteiger partial charge < -0.3 is 0 Å². The van der Waals surface area contributed by atoms with Gasteiger partial charge in [0.05, 0.1) is 21.0 Å². The summed E-state index contributed by atoms with van der Waals surface area (Å²) in [4.78, 5) is 43.5. The molecule has 1 N–H and O–H groups in total. The van der Waals surface area contributed by atoms with Gasteiger partial charge >= 0.3 is 0 Å². The summed E-state index contributed by atoms with van der Waals surface area (Å²) in [7, 11) is 0. The Labute approximate surface area is 204 Å². The van der Waals surface area contributed by atoms with Crippen molar-refractivity contribution in [1.82, 2.24) is 9.78 Å². The van der Waals surface area contributed by atoms with E-state index in [9.17, 15) is 14.4 Å². The van der Waals surface area contributed by atoms with Gasteiger partial charge in [-0.25, -0.2) is 4.68 Å². The van der Waals surface area contributed by atoms with Gasteiger partial charge in [0.15, 0.2) is 11.6 Å². The molecule has 0 fully saturated rings. The molecule has 0 aliphatic heterocycles. The third kappa shape index (κ3) is 5.70. The summed E-state index contributed by atoms with van der Waals surface area (Å²) in [5.74, 6) is -0.0882. The van der Waals surface area contributed by atoms with Crippen molar-refractivity contribution in [3.8, 4) is 5.69 Å². The topological polar surface area (TPSA) is 84.3 Å². The van der Waals surface area contributed by atoms with E-state index < -0.39 is 0 Å². The van der Waals surface area contributed by atoms with E-state index in [2.05, 4.69) is 30.9 Å². The maximum Gasteiger partial charge on any atom is 0.280 e. The van der Waals surface area contributed by atoms with E-state index in [-0.39, 0.29) is 29.1 Å². The van der Waals surface area contributed by atoms with E-state index in [0.717, 1.165) is 18.5 Å². The van der Waals surface area contributed by atoms with Crippen molar-refractivity contribution in [3.05, 3.63) is 73.3 Å². The SMILES string of the molecule is CCCCC(=O)c1ccc(C(=O)CN=C(C)c2c(C)[nH]n(-c3ccc(C(C)(C)C)cc3)c2=O)s1. The molecule has 34 heavy (non-hydrogen) atoms. The van der Waals surface area contributed by atoms with Crippen LogP contribution in [0.1, 0.15) is 90.0 Å². The molecule has 0 bridgehead atoms. The van der Waals surface area contributed by atoms with Crippen LogP contribution >= 0.6 is 11.3 Å². The van der Waals surface area contributed by atoms with Gasteiger partial charge in [-0.05, 0) is 55.5 Å². The third-order valence-corrected chi connectivity index (χ3v) is 6.96. The molecule has 6 nitrogen and oxygen atoms in total. The molecule has 0 saturated heterocycles. The Hall–Kier alpha value is -3.06. The average Bonchev–Trinajstić information content (AvgIpc) is 3.40. The first-order chi connectivity index (χ1) is 16.0. The van der Waals surface area contributed by atoms with Gasteiger partial charge in [0, 0.05) is 17.8 Å². The molecular weight excluding hydrogens is 446 g/mol. The molecule has 0 spiro atoms. The molecule has 0 aliphatic rings. The molecule has 2 heterocycles. The monoisotopic (exact) mass is 479 g/mol. The largest absolute Gasteiger partial charge is 0.295 e. The predicted molar refractivity (Wildman–Crippen MR) is 139 cm³/mol. The summed E-state index contributed by atoms with van der Waals surface area (Å²) >= 11 is 1.22. The molecule has 0 unspecified atom stereocenters. The first kappa shape index (κ1) is 25.6.